The largest absolute Gasteiger partial charge is 0.477 e. The molecule has 3 N–H and O–H groups in total. The van der Waals surface area contributed by atoms with Gasteiger partial charge in [-0.05, 0) is 54.6 Å². The summed E-state index contributed by atoms with van der Waals surface area (Å²) in [6, 6.07) is 9.10. The molecule has 0 saturated heterocycles. The highest BCUT2D eigenvalue weighted by molar-refractivity contribution is 7.10. The van der Waals surface area contributed by atoms with E-state index in [1.54, 1.807) is 10.8 Å². The van der Waals surface area contributed by atoms with Crippen molar-refractivity contribution in [1.29, 1.82) is 0 Å². The van der Waals surface area contributed by atoms with Crippen molar-refractivity contribution in [2.24, 2.45) is 0 Å². The molecule has 8 heteroatoms. The number of aliphatic carboxylic acids is 1. The van der Waals surface area contributed by atoms with E-state index in [9.17, 15) is 14.7 Å². The lowest BCUT2D eigenvalue weighted by Gasteiger charge is -2.23. The quantitative estimate of drug-likeness (QED) is 0.626. The van der Waals surface area contributed by atoms with Gasteiger partial charge in [0.1, 0.15) is 23.1 Å². The molecule has 1 aliphatic heterocycles. The summed E-state index contributed by atoms with van der Waals surface area (Å²) in [7, 11) is 0. The number of fused-ring (bicyclic) bond motifs is 1. The van der Waals surface area contributed by atoms with Gasteiger partial charge in [-0.15, -0.1) is 11.3 Å². The zero-order valence-corrected chi connectivity index (χ0v) is 16.1. The fourth-order valence-corrected chi connectivity index (χ4v) is 3.84. The molecule has 28 heavy (non-hydrogen) atoms. The number of aromatic nitrogens is 2. The van der Waals surface area contributed by atoms with E-state index in [-0.39, 0.29) is 23.2 Å². The van der Waals surface area contributed by atoms with Crippen molar-refractivity contribution >= 4 is 34.7 Å². The smallest absolute Gasteiger partial charge is 0.352 e. The van der Waals surface area contributed by atoms with Crippen LogP contribution in [0.25, 0.3) is 0 Å². The third kappa shape index (κ3) is 3.18. The fraction of sp³-hybridized carbons (Fsp3) is 0.150. The van der Waals surface area contributed by atoms with Crippen molar-refractivity contribution < 1.29 is 14.7 Å². The second kappa shape index (κ2) is 6.97. The lowest BCUT2D eigenvalue weighted by atomic mass is 10.1. The standard InChI is InChI=1S/C20H18N4O3S/c1-11-5-6-13(8-12(11)2)22-19(25)14-10-21-24-16(17-4-3-7-28-17)9-15(20(26)27)23-18(14)24/h3-10,16,23H,1-2H3,(H,22,25)(H,26,27)/t16-/m0/s1. The molecule has 4 rings (SSSR count). The van der Waals surface area contributed by atoms with Gasteiger partial charge in [-0.1, -0.05) is 12.1 Å². The number of thiophene rings is 1. The van der Waals surface area contributed by atoms with Gasteiger partial charge in [0.2, 0.25) is 0 Å². The fourth-order valence-electron chi connectivity index (χ4n) is 3.07. The summed E-state index contributed by atoms with van der Waals surface area (Å²) in [5, 5.41) is 21.4. The zero-order chi connectivity index (χ0) is 19.8. The topological polar surface area (TPSA) is 96.3 Å². The third-order valence-corrected chi connectivity index (χ3v) is 5.65. The first kappa shape index (κ1) is 18.0. The third-order valence-electron chi connectivity index (χ3n) is 4.71. The van der Waals surface area contributed by atoms with Crippen LogP contribution in [0.5, 0.6) is 0 Å². The molecule has 0 bridgehead atoms. The van der Waals surface area contributed by atoms with Gasteiger partial charge in [-0.25, -0.2) is 9.48 Å². The van der Waals surface area contributed by atoms with Crippen molar-refractivity contribution in [3.63, 3.8) is 0 Å². The number of carboxylic acids is 1. The number of nitrogens with one attached hydrogen (secondary N) is 2. The number of rotatable bonds is 4. The SMILES string of the molecule is Cc1ccc(NC(=O)c2cnn3c2NC(C(=O)O)=C[C@H]3c2cccs2)cc1C. The van der Waals surface area contributed by atoms with Crippen LogP contribution in [0.4, 0.5) is 11.5 Å². The molecule has 2 aromatic heterocycles. The first-order valence-electron chi connectivity index (χ1n) is 8.65. The molecule has 0 radical (unpaired) electrons. The Bertz CT molecular complexity index is 1100. The van der Waals surface area contributed by atoms with E-state index in [1.807, 2.05) is 49.6 Å². The van der Waals surface area contributed by atoms with Crippen molar-refractivity contribution in [2.75, 3.05) is 10.6 Å². The van der Waals surface area contributed by atoms with Crippen LogP contribution in [-0.2, 0) is 4.79 Å². The lowest BCUT2D eigenvalue weighted by Crippen LogP contribution is -2.25. The van der Waals surface area contributed by atoms with Gasteiger partial charge in [0.15, 0.2) is 0 Å². The number of carbonyl (C=O) groups excluding carboxylic acids is 1. The summed E-state index contributed by atoms with van der Waals surface area (Å²) in [6.45, 7) is 3.98. The monoisotopic (exact) mass is 394 g/mol. The van der Waals surface area contributed by atoms with Crippen LogP contribution in [-0.4, -0.2) is 26.8 Å². The number of carboxylic acid groups (broad SMARTS) is 1. The molecule has 0 fully saturated rings. The highest BCUT2D eigenvalue weighted by Gasteiger charge is 2.29. The van der Waals surface area contributed by atoms with E-state index in [0.29, 0.717) is 11.5 Å². The van der Waals surface area contributed by atoms with Gasteiger partial charge >= 0.3 is 5.97 Å². The molecule has 7 nitrogen and oxygen atoms in total. The molecule has 1 amide bonds. The molecule has 0 saturated carbocycles. The minimum atomic E-state index is -1.09. The van der Waals surface area contributed by atoms with Crippen molar-refractivity contribution in [3.05, 3.63) is 75.2 Å². The lowest BCUT2D eigenvalue weighted by molar-refractivity contribution is -0.132. The molecular formula is C20H18N4O3S. The Labute approximate surface area is 165 Å². The van der Waals surface area contributed by atoms with E-state index in [2.05, 4.69) is 15.7 Å². The summed E-state index contributed by atoms with van der Waals surface area (Å²) in [5.41, 5.74) is 3.19. The maximum Gasteiger partial charge on any atom is 0.352 e. The molecular weight excluding hydrogens is 376 g/mol. The minimum absolute atomic E-state index is 0.0200. The molecule has 1 atom stereocenters. The summed E-state index contributed by atoms with van der Waals surface area (Å²) >= 11 is 1.50. The average molecular weight is 394 g/mol. The van der Waals surface area contributed by atoms with Gasteiger partial charge in [0.25, 0.3) is 5.91 Å². The van der Waals surface area contributed by atoms with Crippen LogP contribution in [0, 0.1) is 13.8 Å². The second-order valence-corrected chi connectivity index (χ2v) is 7.55. The summed E-state index contributed by atoms with van der Waals surface area (Å²) < 4.78 is 1.63. The van der Waals surface area contributed by atoms with Crippen molar-refractivity contribution in [1.82, 2.24) is 9.78 Å². The summed E-state index contributed by atoms with van der Waals surface area (Å²) in [5.74, 6) is -1.08. The maximum atomic E-state index is 12.8. The first-order valence-corrected chi connectivity index (χ1v) is 9.53. The molecule has 1 aromatic carbocycles. The Balaban J connectivity index is 1.69. The van der Waals surface area contributed by atoms with Crippen molar-refractivity contribution in [3.8, 4) is 0 Å². The Morgan fingerprint density at radius 1 is 1.25 bits per heavy atom. The molecule has 0 aliphatic carbocycles. The highest BCUT2D eigenvalue weighted by atomic mass is 32.1. The number of nitrogens with zero attached hydrogens (tertiary/aromatic N) is 2. The van der Waals surface area contributed by atoms with Gasteiger partial charge in [0, 0.05) is 10.6 Å². The van der Waals surface area contributed by atoms with E-state index >= 15 is 0 Å². The van der Waals surface area contributed by atoms with Crippen LogP contribution < -0.4 is 10.6 Å². The molecule has 3 aromatic rings. The van der Waals surface area contributed by atoms with E-state index in [0.717, 1.165) is 16.0 Å². The number of hydrogen-bond donors (Lipinski definition) is 3. The maximum absolute atomic E-state index is 12.8. The average Bonchev–Trinajstić information content (AvgIpc) is 3.33. The van der Waals surface area contributed by atoms with E-state index in [4.69, 9.17) is 0 Å². The summed E-state index contributed by atoms with van der Waals surface area (Å²) in [6.07, 6.45) is 3.05. The molecule has 0 spiro atoms. The highest BCUT2D eigenvalue weighted by Crippen LogP contribution is 2.34. The predicted molar refractivity (Wildman–Crippen MR) is 108 cm³/mol. The van der Waals surface area contributed by atoms with Crippen LogP contribution in [0.3, 0.4) is 0 Å². The van der Waals surface area contributed by atoms with Crippen LogP contribution in [0.2, 0.25) is 0 Å². The Morgan fingerprint density at radius 2 is 2.07 bits per heavy atom. The number of benzene rings is 1. The number of carbonyl (C=O) groups is 2. The van der Waals surface area contributed by atoms with E-state index in [1.165, 1.54) is 17.5 Å². The summed E-state index contributed by atoms with van der Waals surface area (Å²) in [4.78, 5) is 25.4. The first-order chi connectivity index (χ1) is 13.4. The molecule has 142 valence electrons. The molecule has 0 unspecified atom stereocenters. The van der Waals surface area contributed by atoms with Gasteiger partial charge < -0.3 is 15.7 Å². The minimum Gasteiger partial charge on any atom is -0.477 e. The van der Waals surface area contributed by atoms with Gasteiger partial charge in [-0.2, -0.15) is 5.10 Å². The van der Waals surface area contributed by atoms with Crippen LogP contribution >= 0.6 is 11.3 Å². The normalized spacial score (nSPS) is 15.4. The zero-order valence-electron chi connectivity index (χ0n) is 15.3. The Kier molecular flexibility index (Phi) is 4.48. The number of aryl methyl sites for hydroxylation is 2. The Morgan fingerprint density at radius 3 is 2.75 bits per heavy atom. The Hall–Kier alpha value is -3.39. The van der Waals surface area contributed by atoms with Gasteiger partial charge in [0.05, 0.1) is 6.20 Å². The number of amides is 1. The van der Waals surface area contributed by atoms with Crippen LogP contribution in [0.1, 0.15) is 32.4 Å². The molecule has 3 heterocycles. The predicted octanol–water partition coefficient (Wildman–Crippen LogP) is 3.80. The number of allylic oxidation sites excluding steroid dienone is 1. The number of anilines is 2. The molecule has 1 aliphatic rings. The van der Waals surface area contributed by atoms with Crippen molar-refractivity contribution in [2.45, 2.75) is 19.9 Å². The second-order valence-electron chi connectivity index (χ2n) is 6.58. The van der Waals surface area contributed by atoms with E-state index < -0.39 is 5.97 Å². The van der Waals surface area contributed by atoms with Crippen LogP contribution in [0.15, 0.2) is 53.7 Å². The number of hydrogen-bond acceptors (Lipinski definition) is 5. The van der Waals surface area contributed by atoms with Gasteiger partial charge in [-0.3, -0.25) is 4.79 Å².